The summed E-state index contributed by atoms with van der Waals surface area (Å²) in [5, 5.41) is 3.64. The number of thioether (sulfide) groups is 1. The number of aryl methyl sites for hydroxylation is 2. The third kappa shape index (κ3) is 4.30. The van der Waals surface area contributed by atoms with Crippen LogP contribution in [0.3, 0.4) is 0 Å². The maximum atomic E-state index is 4.42. The molecule has 1 N–H and O–H groups in total. The Morgan fingerprint density at radius 1 is 1.30 bits per heavy atom. The molecule has 5 heteroatoms. The third-order valence-electron chi connectivity index (χ3n) is 3.09. The van der Waals surface area contributed by atoms with Crippen LogP contribution in [0.1, 0.15) is 36.3 Å². The van der Waals surface area contributed by atoms with Gasteiger partial charge in [0.2, 0.25) is 0 Å². The van der Waals surface area contributed by atoms with Crippen molar-refractivity contribution >= 4 is 23.3 Å². The molecule has 20 heavy (non-hydrogen) atoms. The average molecular weight is 307 g/mol. The molecule has 0 radical (unpaired) electrons. The van der Waals surface area contributed by atoms with Crippen LogP contribution in [0.25, 0.3) is 0 Å². The summed E-state index contributed by atoms with van der Waals surface area (Å²) in [5.74, 6) is 1.85. The smallest absolute Gasteiger partial charge is 0.170 e. The fourth-order valence-electron chi connectivity index (χ4n) is 2.05. The monoisotopic (exact) mass is 307 g/mol. The van der Waals surface area contributed by atoms with Crippen molar-refractivity contribution in [3.05, 3.63) is 41.2 Å². The van der Waals surface area contributed by atoms with Crippen molar-refractivity contribution in [1.82, 2.24) is 14.7 Å². The molecule has 0 saturated heterocycles. The van der Waals surface area contributed by atoms with Crippen molar-refractivity contribution in [3.8, 4) is 0 Å². The Balaban J connectivity index is 2.05. The van der Waals surface area contributed by atoms with Gasteiger partial charge in [0.05, 0.1) is 0 Å². The van der Waals surface area contributed by atoms with Gasteiger partial charge in [-0.15, -0.1) is 0 Å². The van der Waals surface area contributed by atoms with E-state index in [2.05, 4.69) is 52.8 Å². The first kappa shape index (κ1) is 15.5. The Kier molecular flexibility index (Phi) is 6.01. The Bertz CT molecular complexity index is 539. The second-order valence-electron chi connectivity index (χ2n) is 4.78. The molecule has 1 heterocycles. The van der Waals surface area contributed by atoms with Crippen LogP contribution in [-0.4, -0.2) is 21.7 Å². The van der Waals surface area contributed by atoms with Crippen LogP contribution in [-0.2, 0) is 0 Å². The fourth-order valence-corrected chi connectivity index (χ4v) is 3.80. The number of hydrogen-bond donors (Lipinski definition) is 1. The van der Waals surface area contributed by atoms with Gasteiger partial charge in [-0.2, -0.15) is 4.37 Å². The zero-order valence-corrected chi connectivity index (χ0v) is 13.9. The number of aromatic nitrogens is 2. The van der Waals surface area contributed by atoms with E-state index >= 15 is 0 Å². The normalized spacial score (nSPS) is 12.6. The second kappa shape index (κ2) is 7.76. The van der Waals surface area contributed by atoms with Gasteiger partial charge in [0.25, 0.3) is 0 Å². The number of benzene rings is 1. The minimum Gasteiger partial charge on any atom is -0.309 e. The van der Waals surface area contributed by atoms with E-state index in [-0.39, 0.29) is 0 Å². The van der Waals surface area contributed by atoms with Gasteiger partial charge in [-0.05, 0) is 49.5 Å². The maximum Gasteiger partial charge on any atom is 0.170 e. The van der Waals surface area contributed by atoms with Crippen LogP contribution in [0, 0.1) is 13.8 Å². The molecule has 3 nitrogen and oxygen atoms in total. The van der Waals surface area contributed by atoms with E-state index in [1.165, 1.54) is 22.7 Å². The first-order valence-corrected chi connectivity index (χ1v) is 8.68. The first-order chi connectivity index (χ1) is 9.70. The van der Waals surface area contributed by atoms with Crippen molar-refractivity contribution in [2.24, 2.45) is 0 Å². The highest BCUT2D eigenvalue weighted by Crippen LogP contribution is 2.27. The van der Waals surface area contributed by atoms with Gasteiger partial charge in [0.15, 0.2) is 4.34 Å². The van der Waals surface area contributed by atoms with Crippen molar-refractivity contribution in [2.45, 2.75) is 37.6 Å². The highest BCUT2D eigenvalue weighted by molar-refractivity contribution is 8.00. The number of rotatable bonds is 7. The van der Waals surface area contributed by atoms with Gasteiger partial charge in [0, 0.05) is 11.8 Å². The zero-order chi connectivity index (χ0) is 14.4. The van der Waals surface area contributed by atoms with E-state index in [4.69, 9.17) is 0 Å². The highest BCUT2D eigenvalue weighted by atomic mass is 32.2. The van der Waals surface area contributed by atoms with Crippen LogP contribution in [0.5, 0.6) is 0 Å². The van der Waals surface area contributed by atoms with Crippen molar-refractivity contribution in [2.75, 3.05) is 12.3 Å². The minimum atomic E-state index is 0.366. The van der Waals surface area contributed by atoms with E-state index in [1.54, 1.807) is 11.8 Å². The lowest BCUT2D eigenvalue weighted by molar-refractivity contribution is 0.575. The van der Waals surface area contributed by atoms with Gasteiger partial charge in [-0.25, -0.2) is 4.98 Å². The molecule has 2 rings (SSSR count). The quantitative estimate of drug-likeness (QED) is 0.785. The summed E-state index contributed by atoms with van der Waals surface area (Å²) in [6, 6.07) is 8.97. The molecule has 0 aliphatic carbocycles. The Morgan fingerprint density at radius 3 is 2.75 bits per heavy atom. The van der Waals surface area contributed by atoms with E-state index in [0.29, 0.717) is 6.04 Å². The molecule has 0 saturated carbocycles. The van der Waals surface area contributed by atoms with Crippen LogP contribution in [0.15, 0.2) is 28.6 Å². The first-order valence-electron chi connectivity index (χ1n) is 6.92. The predicted molar refractivity (Wildman–Crippen MR) is 87.6 cm³/mol. The second-order valence-corrected chi connectivity index (χ2v) is 6.80. The van der Waals surface area contributed by atoms with Crippen molar-refractivity contribution in [1.29, 1.82) is 0 Å². The maximum absolute atomic E-state index is 4.42. The van der Waals surface area contributed by atoms with Crippen molar-refractivity contribution in [3.63, 3.8) is 0 Å². The van der Waals surface area contributed by atoms with Crippen LogP contribution < -0.4 is 5.32 Å². The highest BCUT2D eigenvalue weighted by Gasteiger charge is 2.14. The predicted octanol–water partition coefficient (Wildman–Crippen LogP) is 3.99. The summed E-state index contributed by atoms with van der Waals surface area (Å²) in [7, 11) is 0. The fraction of sp³-hybridized carbons (Fsp3) is 0.467. The summed E-state index contributed by atoms with van der Waals surface area (Å²) in [6.07, 6.45) is 1.14. The largest absolute Gasteiger partial charge is 0.309 e. The van der Waals surface area contributed by atoms with E-state index in [1.807, 2.05) is 6.92 Å². The molecule has 0 aliphatic rings. The minimum absolute atomic E-state index is 0.366. The topological polar surface area (TPSA) is 37.8 Å². The zero-order valence-electron chi connectivity index (χ0n) is 12.2. The van der Waals surface area contributed by atoms with Crippen LogP contribution >= 0.6 is 23.3 Å². The molecule has 1 aromatic heterocycles. The average Bonchev–Trinajstić information content (AvgIpc) is 2.86. The van der Waals surface area contributed by atoms with Crippen molar-refractivity contribution < 1.29 is 0 Å². The summed E-state index contributed by atoms with van der Waals surface area (Å²) >= 11 is 3.27. The molecule has 108 valence electrons. The van der Waals surface area contributed by atoms with E-state index in [9.17, 15) is 0 Å². The molecule has 1 unspecified atom stereocenters. The summed E-state index contributed by atoms with van der Waals surface area (Å²) < 4.78 is 5.29. The molecule has 0 aliphatic heterocycles. The van der Waals surface area contributed by atoms with E-state index in [0.717, 1.165) is 28.9 Å². The third-order valence-corrected chi connectivity index (χ3v) is 5.11. The molecular weight excluding hydrogens is 286 g/mol. The molecule has 0 spiro atoms. The molecule has 0 fully saturated rings. The Morgan fingerprint density at radius 2 is 2.10 bits per heavy atom. The molecule has 1 atom stereocenters. The molecule has 2 aromatic rings. The summed E-state index contributed by atoms with van der Waals surface area (Å²) in [5.41, 5.74) is 2.73. The standard InChI is InChI=1S/C15H21N3S2/c1-4-9-16-14(13-8-6-5-7-11(13)2)10-19-15-17-12(3)18-20-15/h5-8,14,16H,4,9-10H2,1-3H3. The van der Waals surface area contributed by atoms with Gasteiger partial charge < -0.3 is 5.32 Å². The lowest BCUT2D eigenvalue weighted by Gasteiger charge is -2.20. The van der Waals surface area contributed by atoms with Gasteiger partial charge in [-0.3, -0.25) is 0 Å². The molecular formula is C15H21N3S2. The summed E-state index contributed by atoms with van der Waals surface area (Å²) in [6.45, 7) is 7.35. The van der Waals surface area contributed by atoms with Gasteiger partial charge in [-0.1, -0.05) is 43.0 Å². The number of nitrogens with one attached hydrogen (secondary N) is 1. The number of nitrogens with zero attached hydrogens (tertiary/aromatic N) is 2. The van der Waals surface area contributed by atoms with Gasteiger partial charge >= 0.3 is 0 Å². The van der Waals surface area contributed by atoms with Crippen LogP contribution in [0.2, 0.25) is 0 Å². The van der Waals surface area contributed by atoms with Gasteiger partial charge in [0.1, 0.15) is 5.82 Å². The number of hydrogen-bond acceptors (Lipinski definition) is 5. The van der Waals surface area contributed by atoms with Crippen LogP contribution in [0.4, 0.5) is 0 Å². The molecule has 0 bridgehead atoms. The molecule has 0 amide bonds. The Hall–Kier alpha value is -0.910. The SMILES string of the molecule is CCCNC(CSc1nc(C)ns1)c1ccccc1C. The lowest BCUT2D eigenvalue weighted by Crippen LogP contribution is -2.24. The van der Waals surface area contributed by atoms with E-state index < -0.39 is 0 Å². The lowest BCUT2D eigenvalue weighted by atomic mass is 10.0. The summed E-state index contributed by atoms with van der Waals surface area (Å²) in [4.78, 5) is 4.42. The molecule has 1 aromatic carbocycles. The Labute approximate surface area is 129 Å².